The van der Waals surface area contributed by atoms with E-state index in [0.717, 1.165) is 38.5 Å². The lowest BCUT2D eigenvalue weighted by Crippen LogP contribution is -2.60. The van der Waals surface area contributed by atoms with Crippen LogP contribution >= 0.6 is 0 Å². The Bertz CT molecular complexity index is 943. The van der Waals surface area contributed by atoms with Gasteiger partial charge in [-0.2, -0.15) is 0 Å². The Morgan fingerprint density at radius 1 is 0.576 bits per heavy atom. The van der Waals surface area contributed by atoms with Crippen molar-refractivity contribution in [2.45, 2.75) is 281 Å². The fraction of sp³-hybridized carbons (Fsp3) is 0.979. The second-order valence-electron chi connectivity index (χ2n) is 18.2. The van der Waals surface area contributed by atoms with Crippen molar-refractivity contribution in [3.63, 3.8) is 0 Å². The summed E-state index contributed by atoms with van der Waals surface area (Å²) in [4.78, 5) is 13.1. The van der Waals surface area contributed by atoms with Crippen molar-refractivity contribution in [2.75, 3.05) is 13.2 Å². The number of aliphatic hydroxyl groups is 7. The molecule has 10 atom stereocenters. The van der Waals surface area contributed by atoms with E-state index < -0.39 is 74.2 Å². The van der Waals surface area contributed by atoms with E-state index in [2.05, 4.69) is 19.2 Å². The number of hydrogen-bond acceptors (Lipinski definition) is 10. The number of carbonyl (C=O) groups is 1. The van der Waals surface area contributed by atoms with Gasteiger partial charge in [0.05, 0.1) is 25.4 Å². The Balaban J connectivity index is 2.42. The third-order valence-corrected chi connectivity index (χ3v) is 12.5. The van der Waals surface area contributed by atoms with E-state index in [1.54, 1.807) is 0 Å². The monoisotopic (exact) mass is 846 g/mol. The van der Waals surface area contributed by atoms with Crippen molar-refractivity contribution in [1.29, 1.82) is 0 Å². The summed E-state index contributed by atoms with van der Waals surface area (Å²) in [7, 11) is 0. The maximum atomic E-state index is 13.1. The SMILES string of the molecule is CCCCCCCCCCCCCCCCCCCCCC[C@@H](O)C(=O)N[C@@H](CO[C@@H]1O[C@H](CO)[C@@H](O)[C@H](O)[C@H]1O)[C@H](O)[C@H](O)CC(C)CCCCCCCCCCC. The van der Waals surface area contributed by atoms with Gasteiger partial charge < -0.3 is 50.5 Å². The number of rotatable bonds is 41. The molecule has 1 saturated heterocycles. The Labute approximate surface area is 360 Å². The van der Waals surface area contributed by atoms with Crippen LogP contribution in [0.2, 0.25) is 0 Å². The Morgan fingerprint density at radius 3 is 1.37 bits per heavy atom. The zero-order valence-corrected chi connectivity index (χ0v) is 38.2. The van der Waals surface area contributed by atoms with Gasteiger partial charge in [0, 0.05) is 0 Å². The first-order chi connectivity index (χ1) is 28.6. The van der Waals surface area contributed by atoms with E-state index in [0.29, 0.717) is 12.8 Å². The molecule has 1 amide bonds. The summed E-state index contributed by atoms with van der Waals surface area (Å²) in [6.45, 7) is 5.47. The molecule has 352 valence electrons. The van der Waals surface area contributed by atoms with E-state index in [1.807, 2.05) is 6.92 Å². The van der Waals surface area contributed by atoms with Crippen LogP contribution in [0.4, 0.5) is 0 Å². The maximum absolute atomic E-state index is 13.1. The zero-order chi connectivity index (χ0) is 43.5. The minimum Gasteiger partial charge on any atom is -0.394 e. The van der Waals surface area contributed by atoms with E-state index in [9.17, 15) is 40.5 Å². The third-order valence-electron chi connectivity index (χ3n) is 12.5. The van der Waals surface area contributed by atoms with E-state index >= 15 is 0 Å². The van der Waals surface area contributed by atoms with Crippen LogP contribution in [-0.2, 0) is 14.3 Å². The summed E-state index contributed by atoms with van der Waals surface area (Å²) in [6.07, 6.45) is 26.4. The molecule has 59 heavy (non-hydrogen) atoms. The molecule has 0 aromatic carbocycles. The van der Waals surface area contributed by atoms with Crippen molar-refractivity contribution >= 4 is 5.91 Å². The minimum absolute atomic E-state index is 0.122. The fourth-order valence-electron chi connectivity index (χ4n) is 8.37. The first-order valence-corrected chi connectivity index (χ1v) is 24.8. The molecule has 1 unspecified atom stereocenters. The maximum Gasteiger partial charge on any atom is 0.249 e. The van der Waals surface area contributed by atoms with Gasteiger partial charge >= 0.3 is 0 Å². The predicted molar refractivity (Wildman–Crippen MR) is 238 cm³/mol. The summed E-state index contributed by atoms with van der Waals surface area (Å²) >= 11 is 0. The smallest absolute Gasteiger partial charge is 0.249 e. The average Bonchev–Trinajstić information content (AvgIpc) is 3.23. The topological polar surface area (TPSA) is 189 Å². The molecule has 0 bridgehead atoms. The molecule has 0 radical (unpaired) electrons. The Hall–Kier alpha value is -0.890. The van der Waals surface area contributed by atoms with Gasteiger partial charge in [-0.05, 0) is 18.8 Å². The largest absolute Gasteiger partial charge is 0.394 e. The molecule has 8 N–H and O–H groups in total. The molecule has 0 saturated carbocycles. The highest BCUT2D eigenvalue weighted by Gasteiger charge is 2.44. The van der Waals surface area contributed by atoms with E-state index in [1.165, 1.54) is 148 Å². The summed E-state index contributed by atoms with van der Waals surface area (Å²) in [5, 5.41) is 76.1. The summed E-state index contributed by atoms with van der Waals surface area (Å²) in [5.74, 6) is -0.573. The molecule has 1 aliphatic rings. The van der Waals surface area contributed by atoms with Crippen molar-refractivity contribution in [1.82, 2.24) is 5.32 Å². The number of aliphatic hydroxyl groups excluding tert-OH is 7. The van der Waals surface area contributed by atoms with Gasteiger partial charge in [-0.3, -0.25) is 4.79 Å². The van der Waals surface area contributed by atoms with Crippen LogP contribution in [-0.4, -0.2) is 110 Å². The van der Waals surface area contributed by atoms with Crippen LogP contribution in [0.5, 0.6) is 0 Å². The fourth-order valence-corrected chi connectivity index (χ4v) is 8.37. The standard InChI is InChI=1S/C48H95NO10/c1-4-6-8-10-12-14-15-16-17-18-19-20-21-22-23-24-26-28-30-32-34-40(51)47(57)49-39(37-58-48-46(56)45(55)44(54)42(36-50)59-48)43(53)41(52)35-38(3)33-31-29-27-25-13-11-9-7-5-2/h38-46,48,50-56H,4-37H2,1-3H3,(H,49,57)/t38?,39-,40+,41+,42+,43-,44+,45-,46+,48+/m0/s1. The zero-order valence-electron chi connectivity index (χ0n) is 38.2. The van der Waals surface area contributed by atoms with Gasteiger partial charge in [0.2, 0.25) is 5.91 Å². The molecule has 0 aromatic rings. The lowest BCUT2D eigenvalue weighted by Gasteiger charge is -2.40. The molecule has 1 heterocycles. The first kappa shape index (κ1) is 56.1. The first-order valence-electron chi connectivity index (χ1n) is 24.8. The molecular formula is C48H95NO10. The second kappa shape index (κ2) is 37.6. The van der Waals surface area contributed by atoms with Crippen LogP contribution in [0.3, 0.4) is 0 Å². The van der Waals surface area contributed by atoms with Crippen LogP contribution in [0.1, 0.15) is 226 Å². The van der Waals surface area contributed by atoms with Crippen LogP contribution in [0.15, 0.2) is 0 Å². The average molecular weight is 846 g/mol. The predicted octanol–water partition coefficient (Wildman–Crippen LogP) is 8.53. The quantitative estimate of drug-likeness (QED) is 0.0277. The molecule has 0 aromatic heterocycles. The van der Waals surface area contributed by atoms with Gasteiger partial charge in [0.25, 0.3) is 0 Å². The van der Waals surface area contributed by atoms with Gasteiger partial charge in [-0.15, -0.1) is 0 Å². The lowest BCUT2D eigenvalue weighted by atomic mass is 9.92. The van der Waals surface area contributed by atoms with Crippen molar-refractivity contribution in [3.8, 4) is 0 Å². The highest BCUT2D eigenvalue weighted by Crippen LogP contribution is 2.24. The van der Waals surface area contributed by atoms with Gasteiger partial charge in [-0.25, -0.2) is 0 Å². The molecular weight excluding hydrogens is 751 g/mol. The number of hydrogen-bond donors (Lipinski definition) is 8. The molecule has 0 spiro atoms. The highest BCUT2D eigenvalue weighted by molar-refractivity contribution is 5.80. The summed E-state index contributed by atoms with van der Waals surface area (Å²) in [5.41, 5.74) is 0. The summed E-state index contributed by atoms with van der Waals surface area (Å²) < 4.78 is 11.1. The van der Waals surface area contributed by atoms with Crippen molar-refractivity contribution < 1.29 is 50.0 Å². The molecule has 11 heteroatoms. The Morgan fingerprint density at radius 2 is 0.966 bits per heavy atom. The normalized spacial score (nSPS) is 22.2. The second-order valence-corrected chi connectivity index (χ2v) is 18.2. The molecule has 1 aliphatic heterocycles. The number of ether oxygens (including phenoxy) is 2. The number of nitrogens with one attached hydrogen (secondary N) is 1. The van der Waals surface area contributed by atoms with Crippen molar-refractivity contribution in [2.24, 2.45) is 5.92 Å². The highest BCUT2D eigenvalue weighted by atomic mass is 16.7. The van der Waals surface area contributed by atoms with Crippen LogP contribution in [0.25, 0.3) is 0 Å². The Kier molecular flexibility index (Phi) is 35.8. The number of carbonyl (C=O) groups excluding carboxylic acids is 1. The number of amides is 1. The lowest BCUT2D eigenvalue weighted by molar-refractivity contribution is -0.303. The third kappa shape index (κ3) is 27.7. The van der Waals surface area contributed by atoms with E-state index in [-0.39, 0.29) is 12.3 Å². The summed E-state index contributed by atoms with van der Waals surface area (Å²) in [6, 6.07) is -1.17. The van der Waals surface area contributed by atoms with Crippen LogP contribution in [0, 0.1) is 5.92 Å². The molecule has 0 aliphatic carbocycles. The van der Waals surface area contributed by atoms with Gasteiger partial charge in [0.15, 0.2) is 6.29 Å². The minimum atomic E-state index is -1.66. The van der Waals surface area contributed by atoms with Gasteiger partial charge in [-0.1, -0.05) is 213 Å². The van der Waals surface area contributed by atoms with E-state index in [4.69, 9.17) is 9.47 Å². The van der Waals surface area contributed by atoms with Crippen LogP contribution < -0.4 is 5.32 Å². The molecule has 1 fully saturated rings. The molecule has 11 nitrogen and oxygen atoms in total. The van der Waals surface area contributed by atoms with Gasteiger partial charge in [0.1, 0.15) is 36.6 Å². The number of unbranched alkanes of at least 4 members (excludes halogenated alkanes) is 27. The van der Waals surface area contributed by atoms with Crippen molar-refractivity contribution in [3.05, 3.63) is 0 Å². The molecule has 1 rings (SSSR count).